The molecule has 2 atom stereocenters. The summed E-state index contributed by atoms with van der Waals surface area (Å²) in [4.78, 5) is 14.5. The second-order valence-electron chi connectivity index (χ2n) is 14.8. The monoisotopic (exact) mass is 694 g/mol. The maximum Gasteiger partial charge on any atom is 0.508 e. The van der Waals surface area contributed by atoms with E-state index in [0.717, 1.165) is 90.0 Å². The van der Waals surface area contributed by atoms with Crippen molar-refractivity contribution in [1.82, 2.24) is 4.90 Å². The SMILES string of the molecule is CCCCCC[C@@H](O)C/C=C\CCCCCCCCC(CCCCCCCC/C=C\C[C@H](O)CCCCCC)OC(=O)OCCCN(C)C. The molecule has 0 radical (unpaired) electrons. The lowest BCUT2D eigenvalue weighted by molar-refractivity contribution is 0.0150. The number of carbonyl (C=O) groups is 1. The fourth-order valence-corrected chi connectivity index (χ4v) is 6.24. The van der Waals surface area contributed by atoms with Crippen LogP contribution < -0.4 is 0 Å². The lowest BCUT2D eigenvalue weighted by atomic mass is 10.0. The van der Waals surface area contributed by atoms with Gasteiger partial charge in [-0.15, -0.1) is 0 Å². The van der Waals surface area contributed by atoms with E-state index in [1.54, 1.807) is 0 Å². The molecule has 0 aliphatic carbocycles. The van der Waals surface area contributed by atoms with Gasteiger partial charge in [0.1, 0.15) is 6.10 Å². The van der Waals surface area contributed by atoms with Gasteiger partial charge in [-0.2, -0.15) is 0 Å². The molecule has 49 heavy (non-hydrogen) atoms. The fraction of sp³-hybridized carbons (Fsp3) is 0.884. The molecule has 6 nitrogen and oxygen atoms in total. The van der Waals surface area contributed by atoms with E-state index in [4.69, 9.17) is 9.47 Å². The van der Waals surface area contributed by atoms with Crippen molar-refractivity contribution in [2.75, 3.05) is 27.2 Å². The Bertz CT molecular complexity index is 694. The molecule has 0 spiro atoms. The summed E-state index contributed by atoms with van der Waals surface area (Å²) in [6, 6.07) is 0. The molecule has 0 amide bonds. The molecule has 0 unspecified atom stereocenters. The number of allylic oxidation sites excluding steroid dienone is 2. The molecule has 0 rings (SSSR count). The van der Waals surface area contributed by atoms with Crippen molar-refractivity contribution in [1.29, 1.82) is 0 Å². The van der Waals surface area contributed by atoms with Crippen LogP contribution in [0.15, 0.2) is 24.3 Å². The number of rotatable bonds is 37. The number of aliphatic hydroxyl groups is 2. The first kappa shape index (κ1) is 47.6. The summed E-state index contributed by atoms with van der Waals surface area (Å²) in [6.45, 7) is 5.75. The quantitative estimate of drug-likeness (QED) is 0.0383. The molecular weight excluding hydrogens is 610 g/mol. The highest BCUT2D eigenvalue weighted by molar-refractivity contribution is 5.60. The largest absolute Gasteiger partial charge is 0.508 e. The zero-order chi connectivity index (χ0) is 36.0. The summed E-state index contributed by atoms with van der Waals surface area (Å²) in [6.07, 6.45) is 40.5. The van der Waals surface area contributed by atoms with E-state index >= 15 is 0 Å². The number of unbranched alkanes of at least 4 members (excludes halogenated alkanes) is 18. The van der Waals surface area contributed by atoms with E-state index < -0.39 is 6.16 Å². The van der Waals surface area contributed by atoms with Crippen LogP contribution in [0.3, 0.4) is 0 Å². The van der Waals surface area contributed by atoms with Crippen LogP contribution in [0.2, 0.25) is 0 Å². The van der Waals surface area contributed by atoms with Crippen LogP contribution in [-0.4, -0.2) is 66.8 Å². The van der Waals surface area contributed by atoms with E-state index in [1.807, 2.05) is 14.1 Å². The van der Waals surface area contributed by atoms with Gasteiger partial charge in [-0.05, 0) is 97.6 Å². The summed E-state index contributed by atoms with van der Waals surface area (Å²) in [5, 5.41) is 20.2. The van der Waals surface area contributed by atoms with E-state index in [0.29, 0.717) is 6.61 Å². The summed E-state index contributed by atoms with van der Waals surface area (Å²) in [7, 11) is 4.05. The molecule has 0 aliphatic rings. The average Bonchev–Trinajstić information content (AvgIpc) is 3.08. The average molecular weight is 694 g/mol. The zero-order valence-electron chi connectivity index (χ0n) is 33.0. The van der Waals surface area contributed by atoms with Crippen molar-refractivity contribution in [3.63, 3.8) is 0 Å². The highest BCUT2D eigenvalue weighted by atomic mass is 16.7. The number of aliphatic hydroxyl groups excluding tert-OH is 2. The van der Waals surface area contributed by atoms with Crippen LogP contribution in [0.5, 0.6) is 0 Å². The second kappa shape index (κ2) is 37.9. The second-order valence-corrected chi connectivity index (χ2v) is 14.8. The Morgan fingerprint density at radius 3 is 1.41 bits per heavy atom. The standard InChI is InChI=1S/C43H83NO5/c1-5-7-9-25-32-40(45)34-27-21-17-13-11-15-19-23-29-36-42(49-43(47)48-39-31-38-44(3)4)37-30-24-20-16-12-14-18-22-28-35-41(46)33-26-10-8-6-2/h21-22,27-28,40-42,45-46H,5-20,23-26,29-39H2,1-4H3/b27-21-,28-22-/t40-,41-/m1/s1. The molecule has 0 aliphatic heterocycles. The molecule has 0 fully saturated rings. The predicted molar refractivity (Wildman–Crippen MR) is 210 cm³/mol. The van der Waals surface area contributed by atoms with E-state index in [1.165, 1.54) is 103 Å². The normalized spacial score (nSPS) is 13.3. The van der Waals surface area contributed by atoms with Crippen molar-refractivity contribution < 1.29 is 24.5 Å². The van der Waals surface area contributed by atoms with E-state index in [9.17, 15) is 15.0 Å². The van der Waals surface area contributed by atoms with Gasteiger partial charge in [-0.25, -0.2) is 4.79 Å². The molecule has 0 saturated carbocycles. The van der Waals surface area contributed by atoms with Gasteiger partial charge < -0.3 is 24.6 Å². The van der Waals surface area contributed by atoms with Gasteiger partial charge in [0.05, 0.1) is 18.8 Å². The minimum atomic E-state index is -0.502. The Hall–Kier alpha value is -1.37. The maximum atomic E-state index is 12.4. The fourth-order valence-electron chi connectivity index (χ4n) is 6.24. The van der Waals surface area contributed by atoms with Gasteiger partial charge >= 0.3 is 6.16 Å². The van der Waals surface area contributed by atoms with Crippen LogP contribution in [0, 0.1) is 0 Å². The minimum Gasteiger partial charge on any atom is -0.434 e. The number of hydrogen-bond acceptors (Lipinski definition) is 6. The third-order valence-corrected chi connectivity index (χ3v) is 9.46. The minimum absolute atomic E-state index is 0.0411. The first-order valence-electron chi connectivity index (χ1n) is 21.0. The molecule has 0 aromatic rings. The van der Waals surface area contributed by atoms with Crippen LogP contribution in [0.4, 0.5) is 4.79 Å². The Morgan fingerprint density at radius 2 is 0.959 bits per heavy atom. The topological polar surface area (TPSA) is 79.2 Å². The number of carbonyl (C=O) groups excluding carboxylic acids is 1. The highest BCUT2D eigenvalue weighted by Crippen LogP contribution is 2.18. The van der Waals surface area contributed by atoms with Crippen molar-refractivity contribution in [3.8, 4) is 0 Å². The Morgan fingerprint density at radius 1 is 0.551 bits per heavy atom. The van der Waals surface area contributed by atoms with Crippen molar-refractivity contribution in [2.24, 2.45) is 0 Å². The Labute approximate surface area is 304 Å². The van der Waals surface area contributed by atoms with Crippen LogP contribution in [0.1, 0.15) is 200 Å². The molecule has 0 bridgehead atoms. The number of ether oxygens (including phenoxy) is 2. The van der Waals surface area contributed by atoms with Crippen molar-refractivity contribution >= 4 is 6.16 Å². The summed E-state index contributed by atoms with van der Waals surface area (Å²) < 4.78 is 11.2. The molecular formula is C43H83NO5. The number of hydrogen-bond donors (Lipinski definition) is 2. The van der Waals surface area contributed by atoms with E-state index in [2.05, 4.69) is 43.1 Å². The first-order chi connectivity index (χ1) is 23.9. The molecule has 0 aromatic carbocycles. The third-order valence-electron chi connectivity index (χ3n) is 9.46. The Balaban J connectivity index is 4.10. The lowest BCUT2D eigenvalue weighted by Crippen LogP contribution is -2.21. The molecule has 0 heterocycles. The van der Waals surface area contributed by atoms with Gasteiger partial charge in [0, 0.05) is 6.54 Å². The van der Waals surface area contributed by atoms with Gasteiger partial charge in [0.25, 0.3) is 0 Å². The highest BCUT2D eigenvalue weighted by Gasteiger charge is 2.15. The van der Waals surface area contributed by atoms with Crippen LogP contribution >= 0.6 is 0 Å². The first-order valence-corrected chi connectivity index (χ1v) is 21.0. The van der Waals surface area contributed by atoms with Crippen LogP contribution in [-0.2, 0) is 9.47 Å². The van der Waals surface area contributed by atoms with Crippen molar-refractivity contribution in [3.05, 3.63) is 24.3 Å². The van der Waals surface area contributed by atoms with Crippen molar-refractivity contribution in [2.45, 2.75) is 218 Å². The number of nitrogens with zero attached hydrogens (tertiary/aromatic N) is 1. The summed E-state index contributed by atoms with van der Waals surface area (Å²) >= 11 is 0. The smallest absolute Gasteiger partial charge is 0.434 e. The Kier molecular flexibility index (Phi) is 36.8. The van der Waals surface area contributed by atoms with Gasteiger partial charge in [-0.1, -0.05) is 141 Å². The molecule has 2 N–H and O–H groups in total. The van der Waals surface area contributed by atoms with Gasteiger partial charge in [0.15, 0.2) is 0 Å². The van der Waals surface area contributed by atoms with Gasteiger partial charge in [0.2, 0.25) is 0 Å². The lowest BCUT2D eigenvalue weighted by Gasteiger charge is -2.18. The molecule has 6 heteroatoms. The summed E-state index contributed by atoms with van der Waals surface area (Å²) in [5.74, 6) is 0. The van der Waals surface area contributed by atoms with Crippen LogP contribution in [0.25, 0.3) is 0 Å². The molecule has 290 valence electrons. The van der Waals surface area contributed by atoms with E-state index in [-0.39, 0.29) is 18.3 Å². The predicted octanol–water partition coefficient (Wildman–Crippen LogP) is 12.3. The third kappa shape index (κ3) is 37.7. The summed E-state index contributed by atoms with van der Waals surface area (Å²) in [5.41, 5.74) is 0. The molecule has 0 saturated heterocycles. The molecule has 0 aromatic heterocycles. The van der Waals surface area contributed by atoms with Gasteiger partial charge in [-0.3, -0.25) is 0 Å². The zero-order valence-corrected chi connectivity index (χ0v) is 33.0. The maximum absolute atomic E-state index is 12.4.